The fraction of sp³-hybridized carbons (Fsp3) is 0.333. The van der Waals surface area contributed by atoms with E-state index in [0.717, 1.165) is 41.8 Å². The number of methoxy groups -OCH3 is 1. The highest BCUT2D eigenvalue weighted by atomic mass is 32.2. The molecule has 0 radical (unpaired) electrons. The lowest BCUT2D eigenvalue weighted by molar-refractivity contribution is 0.190. The van der Waals surface area contributed by atoms with Crippen LogP contribution in [-0.4, -0.2) is 50.4 Å². The maximum atomic E-state index is 13.3. The number of aromatic amines is 1. The molecule has 2 heterocycles. The molecule has 1 unspecified atom stereocenters. The number of rotatable bonds is 7. The molecule has 6 nitrogen and oxygen atoms in total. The van der Waals surface area contributed by atoms with Crippen LogP contribution < -0.4 is 4.74 Å². The van der Waals surface area contributed by atoms with Crippen molar-refractivity contribution in [3.8, 4) is 17.0 Å². The first-order chi connectivity index (χ1) is 17.9. The monoisotopic (exact) mass is 517 g/mol. The van der Waals surface area contributed by atoms with Gasteiger partial charge in [-0.05, 0) is 43.1 Å². The minimum atomic E-state index is -3.66. The van der Waals surface area contributed by atoms with Crippen molar-refractivity contribution < 1.29 is 13.2 Å². The number of hydrogen-bond donors (Lipinski definition) is 1. The highest BCUT2D eigenvalue weighted by molar-refractivity contribution is 7.89. The quantitative estimate of drug-likeness (QED) is 0.316. The standard InChI is InChI=1S/C30H35N3O3S/c1-32(2)37(34,35)29-20-26(30(36-3)25-15-10-9-14-24(25)29)27-18-17-23(31-27)21-33-19-11-5-8-16-28(33)22-12-6-4-7-13-22/h4,6-7,9-10,12-15,17-18,20,28,31H,5,8,11,16,19,21H2,1-3H3. The van der Waals surface area contributed by atoms with E-state index in [1.54, 1.807) is 27.3 Å². The van der Waals surface area contributed by atoms with E-state index in [9.17, 15) is 8.42 Å². The Bertz CT molecular complexity index is 1480. The fourth-order valence-corrected chi connectivity index (χ4v) is 6.58. The Morgan fingerprint density at radius 1 is 0.946 bits per heavy atom. The second kappa shape index (κ2) is 10.7. The summed E-state index contributed by atoms with van der Waals surface area (Å²) < 4.78 is 33.6. The van der Waals surface area contributed by atoms with Crippen LogP contribution in [0.3, 0.4) is 0 Å². The molecule has 1 N–H and O–H groups in total. The normalized spacial score (nSPS) is 17.2. The summed E-state index contributed by atoms with van der Waals surface area (Å²) in [6.07, 6.45) is 4.85. The molecular formula is C30H35N3O3S. The zero-order valence-corrected chi connectivity index (χ0v) is 22.6. The number of hydrogen-bond acceptors (Lipinski definition) is 4. The minimum absolute atomic E-state index is 0.275. The average Bonchev–Trinajstić information content (AvgIpc) is 3.25. The molecule has 1 saturated heterocycles. The van der Waals surface area contributed by atoms with Gasteiger partial charge >= 0.3 is 0 Å². The summed E-state index contributed by atoms with van der Waals surface area (Å²) in [5.74, 6) is 0.665. The molecule has 0 spiro atoms. The van der Waals surface area contributed by atoms with Crippen molar-refractivity contribution in [1.29, 1.82) is 0 Å². The molecule has 37 heavy (non-hydrogen) atoms. The number of aromatic nitrogens is 1. The Hall–Kier alpha value is -3.13. The third-order valence-electron chi connectivity index (χ3n) is 7.38. The van der Waals surface area contributed by atoms with E-state index in [4.69, 9.17) is 4.74 Å². The maximum absolute atomic E-state index is 13.3. The molecule has 0 aliphatic carbocycles. The molecule has 194 valence electrons. The third-order valence-corrected chi connectivity index (χ3v) is 9.23. The summed E-state index contributed by atoms with van der Waals surface area (Å²) in [5.41, 5.74) is 4.05. The molecule has 0 amide bonds. The Balaban J connectivity index is 1.54. The maximum Gasteiger partial charge on any atom is 0.243 e. The number of fused-ring (bicyclic) bond motifs is 1. The van der Waals surface area contributed by atoms with Gasteiger partial charge in [-0.1, -0.05) is 67.4 Å². The molecule has 0 bridgehead atoms. The van der Waals surface area contributed by atoms with E-state index >= 15 is 0 Å². The van der Waals surface area contributed by atoms with Crippen molar-refractivity contribution in [1.82, 2.24) is 14.2 Å². The van der Waals surface area contributed by atoms with Crippen LogP contribution in [0.5, 0.6) is 5.75 Å². The first kappa shape index (κ1) is 25.5. The van der Waals surface area contributed by atoms with Crippen LogP contribution in [0.4, 0.5) is 0 Å². The second-order valence-electron chi connectivity index (χ2n) is 9.93. The Kier molecular flexibility index (Phi) is 7.38. The molecule has 1 aliphatic rings. The molecule has 7 heteroatoms. The summed E-state index contributed by atoms with van der Waals surface area (Å²) in [7, 11) is 1.10. The smallest absolute Gasteiger partial charge is 0.243 e. The van der Waals surface area contributed by atoms with Gasteiger partial charge < -0.3 is 9.72 Å². The van der Waals surface area contributed by atoms with Crippen molar-refractivity contribution in [2.24, 2.45) is 0 Å². The Morgan fingerprint density at radius 3 is 2.41 bits per heavy atom. The third kappa shape index (κ3) is 5.04. The summed E-state index contributed by atoms with van der Waals surface area (Å²) >= 11 is 0. The predicted molar refractivity (Wildman–Crippen MR) is 149 cm³/mol. The van der Waals surface area contributed by atoms with Crippen molar-refractivity contribution in [2.45, 2.75) is 43.2 Å². The molecule has 1 aromatic heterocycles. The number of nitrogens with one attached hydrogen (secondary N) is 1. The van der Waals surface area contributed by atoms with Crippen LogP contribution in [0.25, 0.3) is 22.0 Å². The number of H-pyrrole nitrogens is 1. The SMILES string of the molecule is COc1c(-c2ccc(CN3CCCCCC3c3ccccc3)[nH]2)cc(S(=O)(=O)N(C)C)c2ccccc12. The lowest BCUT2D eigenvalue weighted by atomic mass is 10.0. The van der Waals surface area contributed by atoms with Gasteiger partial charge in [-0.2, -0.15) is 0 Å². The molecular weight excluding hydrogens is 482 g/mol. The summed E-state index contributed by atoms with van der Waals surface area (Å²) in [5, 5.41) is 1.43. The van der Waals surface area contributed by atoms with Crippen molar-refractivity contribution >= 4 is 20.8 Å². The zero-order chi connectivity index (χ0) is 26.0. The molecule has 5 rings (SSSR count). The van der Waals surface area contributed by atoms with E-state index in [1.807, 2.05) is 30.3 Å². The first-order valence-electron chi connectivity index (χ1n) is 12.9. The Morgan fingerprint density at radius 2 is 1.68 bits per heavy atom. The van der Waals surface area contributed by atoms with Gasteiger partial charge in [-0.15, -0.1) is 0 Å². The predicted octanol–water partition coefficient (Wildman–Crippen LogP) is 6.21. The van der Waals surface area contributed by atoms with E-state index in [0.29, 0.717) is 17.2 Å². The molecule has 3 aromatic carbocycles. The van der Waals surface area contributed by atoms with Gasteiger partial charge in [0.05, 0.1) is 12.0 Å². The van der Waals surface area contributed by atoms with E-state index in [2.05, 4.69) is 46.3 Å². The first-order valence-corrected chi connectivity index (χ1v) is 14.3. The van der Waals surface area contributed by atoms with Crippen molar-refractivity contribution in [3.63, 3.8) is 0 Å². The van der Waals surface area contributed by atoms with E-state index < -0.39 is 10.0 Å². The van der Waals surface area contributed by atoms with Crippen molar-refractivity contribution in [3.05, 3.63) is 84.1 Å². The van der Waals surface area contributed by atoms with Crippen LogP contribution in [0.15, 0.2) is 77.7 Å². The molecule has 1 atom stereocenters. The van der Waals surface area contributed by atoms with Gasteiger partial charge in [0.25, 0.3) is 0 Å². The van der Waals surface area contributed by atoms with Gasteiger partial charge in [-0.25, -0.2) is 12.7 Å². The average molecular weight is 518 g/mol. The summed E-state index contributed by atoms with van der Waals surface area (Å²) in [6.45, 7) is 1.86. The topological polar surface area (TPSA) is 65.6 Å². The number of benzene rings is 3. The lowest BCUT2D eigenvalue weighted by Gasteiger charge is -2.30. The molecule has 0 saturated carbocycles. The van der Waals surface area contributed by atoms with Gasteiger partial charge in [0.2, 0.25) is 10.0 Å². The molecule has 4 aromatic rings. The highest BCUT2D eigenvalue weighted by Crippen LogP contribution is 2.41. The number of nitrogens with zero attached hydrogens (tertiary/aromatic N) is 2. The largest absolute Gasteiger partial charge is 0.495 e. The van der Waals surface area contributed by atoms with Crippen molar-refractivity contribution in [2.75, 3.05) is 27.7 Å². The number of ether oxygens (including phenoxy) is 1. The summed E-state index contributed by atoms with van der Waals surface area (Å²) in [4.78, 5) is 6.43. The highest BCUT2D eigenvalue weighted by Gasteiger charge is 2.26. The van der Waals surface area contributed by atoms with Gasteiger partial charge in [-0.3, -0.25) is 4.90 Å². The lowest BCUT2D eigenvalue weighted by Crippen LogP contribution is -2.28. The molecule has 1 aliphatic heterocycles. The zero-order valence-electron chi connectivity index (χ0n) is 21.8. The van der Waals surface area contributed by atoms with Crippen LogP contribution in [0.2, 0.25) is 0 Å². The van der Waals surface area contributed by atoms with Crippen LogP contribution in [0, 0.1) is 0 Å². The minimum Gasteiger partial charge on any atom is -0.495 e. The Labute approximate surface area is 219 Å². The fourth-order valence-electron chi connectivity index (χ4n) is 5.46. The van der Waals surface area contributed by atoms with Crippen LogP contribution >= 0.6 is 0 Å². The van der Waals surface area contributed by atoms with Crippen LogP contribution in [0.1, 0.15) is 43.0 Å². The number of sulfonamides is 1. The number of likely N-dealkylation sites (tertiary alicyclic amines) is 1. The van der Waals surface area contributed by atoms with E-state index in [1.165, 1.54) is 29.1 Å². The van der Waals surface area contributed by atoms with Crippen LogP contribution in [-0.2, 0) is 16.6 Å². The van der Waals surface area contributed by atoms with Gasteiger partial charge in [0, 0.05) is 54.4 Å². The van der Waals surface area contributed by atoms with E-state index in [-0.39, 0.29) is 4.90 Å². The second-order valence-corrected chi connectivity index (χ2v) is 12.1. The molecule has 1 fully saturated rings. The van der Waals surface area contributed by atoms with Gasteiger partial charge in [0.1, 0.15) is 5.75 Å². The van der Waals surface area contributed by atoms with Gasteiger partial charge in [0.15, 0.2) is 0 Å². The summed E-state index contributed by atoms with van der Waals surface area (Å²) in [6, 6.07) is 24.6.